The molecule has 2 amide bonds. The molecule has 1 heterocycles. The second-order valence-corrected chi connectivity index (χ2v) is 6.39. The van der Waals surface area contributed by atoms with E-state index in [-0.39, 0.29) is 18.4 Å². The Hall–Kier alpha value is -3.34. The van der Waals surface area contributed by atoms with Crippen molar-refractivity contribution < 1.29 is 14.3 Å². The Morgan fingerprint density at radius 2 is 1.81 bits per heavy atom. The number of hydrogen-bond acceptors (Lipinski definition) is 3. The van der Waals surface area contributed by atoms with Crippen molar-refractivity contribution in [1.29, 1.82) is 0 Å². The normalized spacial score (nSPS) is 12.5. The minimum atomic E-state index is -0.209. The molecule has 0 aromatic heterocycles. The van der Waals surface area contributed by atoms with Gasteiger partial charge in [0.15, 0.2) is 0 Å². The van der Waals surface area contributed by atoms with Gasteiger partial charge in [0.2, 0.25) is 5.91 Å². The fraction of sp³-hybridized carbons (Fsp3) is 0.182. The Morgan fingerprint density at radius 1 is 1.04 bits per heavy atom. The topological polar surface area (TPSA) is 58.6 Å². The van der Waals surface area contributed by atoms with Crippen molar-refractivity contribution in [3.05, 3.63) is 71.8 Å². The molecule has 0 aliphatic carbocycles. The summed E-state index contributed by atoms with van der Waals surface area (Å²) in [6, 6.07) is 19.0. The average molecular weight is 360 g/mol. The SMILES string of the molecule is CCOc1ccccc1CNC(=O)CN1C(=O)c2cccc3cccc1c23. The summed E-state index contributed by atoms with van der Waals surface area (Å²) in [5, 5.41) is 4.81. The minimum Gasteiger partial charge on any atom is -0.494 e. The number of para-hydroxylation sites is 1. The number of anilines is 1. The summed E-state index contributed by atoms with van der Waals surface area (Å²) >= 11 is 0. The van der Waals surface area contributed by atoms with Crippen LogP contribution in [0.1, 0.15) is 22.8 Å². The highest BCUT2D eigenvalue weighted by Crippen LogP contribution is 2.36. The number of amides is 2. The predicted molar refractivity (Wildman–Crippen MR) is 105 cm³/mol. The Morgan fingerprint density at radius 3 is 2.63 bits per heavy atom. The van der Waals surface area contributed by atoms with Gasteiger partial charge in [0, 0.05) is 23.1 Å². The van der Waals surface area contributed by atoms with Crippen LogP contribution >= 0.6 is 0 Å². The highest BCUT2D eigenvalue weighted by molar-refractivity contribution is 6.26. The van der Waals surface area contributed by atoms with Crippen LogP contribution in [0, 0.1) is 0 Å². The summed E-state index contributed by atoms with van der Waals surface area (Å²) in [5.74, 6) is 0.417. The number of benzene rings is 3. The van der Waals surface area contributed by atoms with E-state index in [1.165, 1.54) is 0 Å². The monoisotopic (exact) mass is 360 g/mol. The van der Waals surface area contributed by atoms with Gasteiger partial charge >= 0.3 is 0 Å². The highest BCUT2D eigenvalue weighted by atomic mass is 16.5. The van der Waals surface area contributed by atoms with Crippen LogP contribution in [0.25, 0.3) is 10.8 Å². The van der Waals surface area contributed by atoms with Gasteiger partial charge in [-0.25, -0.2) is 0 Å². The number of carbonyl (C=O) groups is 2. The van der Waals surface area contributed by atoms with Crippen molar-refractivity contribution in [2.24, 2.45) is 0 Å². The van der Waals surface area contributed by atoms with Crippen LogP contribution in [-0.4, -0.2) is 25.0 Å². The Labute approximate surface area is 157 Å². The molecule has 1 N–H and O–H groups in total. The van der Waals surface area contributed by atoms with Gasteiger partial charge in [0.25, 0.3) is 5.91 Å². The van der Waals surface area contributed by atoms with E-state index in [1.54, 1.807) is 4.90 Å². The molecule has 0 saturated carbocycles. The van der Waals surface area contributed by atoms with Crippen LogP contribution < -0.4 is 15.0 Å². The summed E-state index contributed by atoms with van der Waals surface area (Å²) in [6.45, 7) is 2.83. The third-order valence-corrected chi connectivity index (χ3v) is 4.70. The van der Waals surface area contributed by atoms with Crippen molar-refractivity contribution in [1.82, 2.24) is 5.32 Å². The van der Waals surface area contributed by atoms with Gasteiger partial charge in [-0.2, -0.15) is 0 Å². The summed E-state index contributed by atoms with van der Waals surface area (Å²) < 4.78 is 5.58. The van der Waals surface area contributed by atoms with Gasteiger partial charge in [0.05, 0.1) is 12.3 Å². The Balaban J connectivity index is 1.49. The first kappa shape index (κ1) is 17.1. The zero-order chi connectivity index (χ0) is 18.8. The van der Waals surface area contributed by atoms with Gasteiger partial charge in [0.1, 0.15) is 12.3 Å². The van der Waals surface area contributed by atoms with E-state index in [0.29, 0.717) is 18.7 Å². The summed E-state index contributed by atoms with van der Waals surface area (Å²) in [5.41, 5.74) is 2.35. The molecular formula is C22H20N2O3. The second-order valence-electron chi connectivity index (χ2n) is 6.39. The first-order valence-electron chi connectivity index (χ1n) is 9.00. The number of nitrogens with one attached hydrogen (secondary N) is 1. The third kappa shape index (κ3) is 3.12. The molecule has 5 nitrogen and oxygen atoms in total. The van der Waals surface area contributed by atoms with Crippen molar-refractivity contribution in [2.45, 2.75) is 13.5 Å². The van der Waals surface area contributed by atoms with E-state index in [2.05, 4.69) is 5.32 Å². The standard InChI is InChI=1S/C22H20N2O3/c1-2-27-19-12-4-3-7-16(19)13-23-20(25)14-24-18-11-6-9-15-8-5-10-17(21(15)18)22(24)26/h3-12H,2,13-14H2,1H3,(H,23,25). The van der Waals surface area contributed by atoms with Gasteiger partial charge < -0.3 is 10.1 Å². The molecule has 1 aliphatic rings. The van der Waals surface area contributed by atoms with Gasteiger partial charge in [-0.3, -0.25) is 14.5 Å². The number of nitrogens with zero attached hydrogens (tertiary/aromatic N) is 1. The maximum absolute atomic E-state index is 12.8. The largest absolute Gasteiger partial charge is 0.494 e. The zero-order valence-corrected chi connectivity index (χ0v) is 15.1. The quantitative estimate of drug-likeness (QED) is 0.732. The lowest BCUT2D eigenvalue weighted by Crippen LogP contribution is -2.38. The van der Waals surface area contributed by atoms with E-state index in [9.17, 15) is 9.59 Å². The number of ether oxygens (including phenoxy) is 1. The molecule has 4 rings (SSSR count). The van der Waals surface area contributed by atoms with Crippen molar-refractivity contribution in [2.75, 3.05) is 18.1 Å². The van der Waals surface area contributed by atoms with Crippen LogP contribution in [0.15, 0.2) is 60.7 Å². The Bertz CT molecular complexity index is 1020. The molecular weight excluding hydrogens is 340 g/mol. The molecule has 3 aromatic rings. The molecule has 0 saturated heterocycles. The number of carbonyl (C=O) groups excluding carboxylic acids is 2. The molecule has 0 bridgehead atoms. The number of hydrogen-bond donors (Lipinski definition) is 1. The van der Waals surface area contributed by atoms with Crippen LogP contribution in [-0.2, 0) is 11.3 Å². The third-order valence-electron chi connectivity index (χ3n) is 4.70. The summed E-state index contributed by atoms with van der Waals surface area (Å²) in [4.78, 5) is 26.8. The molecule has 136 valence electrons. The minimum absolute atomic E-state index is 0.0105. The first-order chi connectivity index (χ1) is 13.2. The van der Waals surface area contributed by atoms with Gasteiger partial charge in [-0.15, -0.1) is 0 Å². The maximum Gasteiger partial charge on any atom is 0.259 e. The van der Waals surface area contributed by atoms with Crippen molar-refractivity contribution in [3.63, 3.8) is 0 Å². The van der Waals surface area contributed by atoms with E-state index in [4.69, 9.17) is 4.74 Å². The average Bonchev–Trinajstić information content (AvgIpc) is 2.96. The smallest absolute Gasteiger partial charge is 0.259 e. The number of rotatable bonds is 6. The van der Waals surface area contributed by atoms with Crippen LogP contribution in [0.4, 0.5) is 5.69 Å². The van der Waals surface area contributed by atoms with E-state index in [0.717, 1.165) is 27.8 Å². The molecule has 0 radical (unpaired) electrons. The summed E-state index contributed by atoms with van der Waals surface area (Å²) in [6.07, 6.45) is 0. The van der Waals surface area contributed by atoms with E-state index >= 15 is 0 Å². The van der Waals surface area contributed by atoms with Crippen LogP contribution in [0.3, 0.4) is 0 Å². The first-order valence-corrected chi connectivity index (χ1v) is 9.00. The lowest BCUT2D eigenvalue weighted by atomic mass is 10.1. The molecule has 27 heavy (non-hydrogen) atoms. The van der Waals surface area contributed by atoms with Crippen LogP contribution in [0.5, 0.6) is 5.75 Å². The molecule has 0 atom stereocenters. The van der Waals surface area contributed by atoms with Crippen molar-refractivity contribution in [3.8, 4) is 5.75 Å². The lowest BCUT2D eigenvalue weighted by molar-refractivity contribution is -0.119. The van der Waals surface area contributed by atoms with E-state index < -0.39 is 0 Å². The van der Waals surface area contributed by atoms with Gasteiger partial charge in [-0.1, -0.05) is 42.5 Å². The molecule has 5 heteroatoms. The van der Waals surface area contributed by atoms with E-state index in [1.807, 2.05) is 67.6 Å². The molecule has 0 fully saturated rings. The van der Waals surface area contributed by atoms with Gasteiger partial charge in [-0.05, 0) is 30.5 Å². The Kier molecular flexibility index (Phi) is 4.50. The zero-order valence-electron chi connectivity index (χ0n) is 15.1. The highest BCUT2D eigenvalue weighted by Gasteiger charge is 2.30. The molecule has 0 spiro atoms. The summed E-state index contributed by atoms with van der Waals surface area (Å²) in [7, 11) is 0. The predicted octanol–water partition coefficient (Wildman–Crippen LogP) is 3.52. The molecule has 1 aliphatic heterocycles. The molecule has 0 unspecified atom stereocenters. The fourth-order valence-electron chi connectivity index (χ4n) is 3.48. The van der Waals surface area contributed by atoms with Crippen LogP contribution in [0.2, 0.25) is 0 Å². The second kappa shape index (κ2) is 7.11. The molecule has 3 aromatic carbocycles. The fourth-order valence-corrected chi connectivity index (χ4v) is 3.48. The van der Waals surface area contributed by atoms with Crippen molar-refractivity contribution >= 4 is 28.3 Å². The maximum atomic E-state index is 12.8. The lowest BCUT2D eigenvalue weighted by Gasteiger charge is -2.17.